The van der Waals surface area contributed by atoms with E-state index in [1.165, 1.54) is 16.9 Å². The van der Waals surface area contributed by atoms with Crippen LogP contribution in [0, 0.1) is 11.6 Å². The van der Waals surface area contributed by atoms with E-state index in [4.69, 9.17) is 9.47 Å². The van der Waals surface area contributed by atoms with Gasteiger partial charge in [-0.25, -0.2) is 8.78 Å². The molecule has 1 spiro atoms. The van der Waals surface area contributed by atoms with Crippen LogP contribution in [0.3, 0.4) is 0 Å². The summed E-state index contributed by atoms with van der Waals surface area (Å²) in [4.78, 5) is 29.7. The lowest BCUT2D eigenvalue weighted by Crippen LogP contribution is -2.66. The van der Waals surface area contributed by atoms with E-state index in [1.807, 2.05) is 23.2 Å². The first-order valence-corrected chi connectivity index (χ1v) is 13.0. The molecule has 4 aliphatic heterocycles. The third-order valence-corrected chi connectivity index (χ3v) is 8.77. The maximum Gasteiger partial charge on any atom is 0.278 e. The van der Waals surface area contributed by atoms with E-state index in [1.54, 1.807) is 11.0 Å². The summed E-state index contributed by atoms with van der Waals surface area (Å²) >= 11 is 0. The fraction of sp³-hybridized carbons (Fsp3) is 0.357. The first-order chi connectivity index (χ1) is 18.9. The lowest BCUT2D eigenvalue weighted by molar-refractivity contribution is -0.0197. The van der Waals surface area contributed by atoms with Crippen LogP contribution in [0.15, 0.2) is 47.4 Å². The number of anilines is 1. The van der Waals surface area contributed by atoms with Crippen LogP contribution in [0.25, 0.3) is 0 Å². The Kier molecular flexibility index (Phi) is 4.52. The molecule has 0 bridgehead atoms. The molecule has 1 saturated heterocycles. The molecular weight excluding hydrogens is 510 g/mol. The van der Waals surface area contributed by atoms with Gasteiger partial charge in [-0.3, -0.25) is 19.3 Å². The first-order valence-electron chi connectivity index (χ1n) is 13.0. The van der Waals surface area contributed by atoms with Crippen LogP contribution in [0.2, 0.25) is 0 Å². The van der Waals surface area contributed by atoms with Crippen molar-refractivity contribution in [3.8, 4) is 11.5 Å². The van der Waals surface area contributed by atoms with Crippen molar-refractivity contribution >= 4 is 11.6 Å². The molecule has 1 aliphatic carbocycles. The third kappa shape index (κ3) is 2.96. The van der Waals surface area contributed by atoms with E-state index in [2.05, 4.69) is 4.90 Å². The average molecular weight is 535 g/mol. The predicted octanol–water partition coefficient (Wildman–Crippen LogP) is 2.62. The van der Waals surface area contributed by atoms with Crippen molar-refractivity contribution in [2.24, 2.45) is 0 Å². The van der Waals surface area contributed by atoms with Crippen LogP contribution in [0.1, 0.15) is 46.1 Å². The molecule has 3 aromatic rings. The SMILES string of the molecule is O=C1c2c(O)c(=O)ccn2N([C@H]2c3ccc(F)c(F)c3CN3c4c(cccc42)OCC32CC2)[C@@H]2COCCN12. The molecule has 2 atom stereocenters. The molecule has 1 aromatic heterocycles. The van der Waals surface area contributed by atoms with E-state index in [9.17, 15) is 19.1 Å². The molecule has 1 N–H and O–H groups in total. The van der Waals surface area contributed by atoms with Crippen molar-refractivity contribution in [2.45, 2.75) is 37.1 Å². The highest BCUT2D eigenvalue weighted by molar-refractivity contribution is 5.96. The molecule has 9 nitrogen and oxygen atoms in total. The minimum atomic E-state index is -0.935. The number of rotatable bonds is 1. The molecule has 0 unspecified atom stereocenters. The molecule has 8 rings (SSSR count). The maximum atomic E-state index is 15.7. The zero-order valence-electron chi connectivity index (χ0n) is 20.8. The molecule has 5 heterocycles. The summed E-state index contributed by atoms with van der Waals surface area (Å²) in [7, 11) is 0. The molecular formula is C28H24F2N4O5. The number of ether oxygens (including phenoxy) is 2. The third-order valence-electron chi connectivity index (χ3n) is 8.77. The molecule has 2 aromatic carbocycles. The van der Waals surface area contributed by atoms with E-state index in [0.29, 0.717) is 24.5 Å². The fourth-order valence-electron chi connectivity index (χ4n) is 6.66. The van der Waals surface area contributed by atoms with E-state index in [-0.39, 0.29) is 36.5 Å². The minimum absolute atomic E-state index is 0.146. The van der Waals surface area contributed by atoms with Gasteiger partial charge < -0.3 is 24.4 Å². The fourth-order valence-corrected chi connectivity index (χ4v) is 6.66. The van der Waals surface area contributed by atoms with Gasteiger partial charge in [-0.2, -0.15) is 0 Å². The Balaban J connectivity index is 1.45. The van der Waals surface area contributed by atoms with Gasteiger partial charge in [0.25, 0.3) is 5.91 Å². The predicted molar refractivity (Wildman–Crippen MR) is 135 cm³/mol. The molecule has 5 aliphatic rings. The van der Waals surface area contributed by atoms with Crippen LogP contribution in [0.4, 0.5) is 14.5 Å². The molecule has 200 valence electrons. The summed E-state index contributed by atoms with van der Waals surface area (Å²) in [6.45, 7) is 1.29. The van der Waals surface area contributed by atoms with Crippen LogP contribution in [0.5, 0.6) is 11.5 Å². The van der Waals surface area contributed by atoms with Gasteiger partial charge in [0.15, 0.2) is 23.1 Å². The number of nitrogens with zero attached hydrogens (tertiary/aromatic N) is 4. The number of carbonyl (C=O) groups excluding carboxylic acids is 1. The second-order valence-electron chi connectivity index (χ2n) is 10.8. The van der Waals surface area contributed by atoms with Crippen LogP contribution in [-0.4, -0.2) is 58.7 Å². The summed E-state index contributed by atoms with van der Waals surface area (Å²) in [5.74, 6) is -2.35. The van der Waals surface area contributed by atoms with Gasteiger partial charge in [-0.05, 0) is 30.5 Å². The van der Waals surface area contributed by atoms with Gasteiger partial charge in [0.2, 0.25) is 5.43 Å². The Morgan fingerprint density at radius 3 is 2.72 bits per heavy atom. The number of aromatic nitrogens is 1. The summed E-state index contributed by atoms with van der Waals surface area (Å²) in [5.41, 5.74) is 1.18. The lowest BCUT2D eigenvalue weighted by Gasteiger charge is -2.51. The van der Waals surface area contributed by atoms with Gasteiger partial charge in [0, 0.05) is 36.5 Å². The van der Waals surface area contributed by atoms with Crippen LogP contribution in [-0.2, 0) is 11.3 Å². The molecule has 39 heavy (non-hydrogen) atoms. The van der Waals surface area contributed by atoms with Crippen molar-refractivity contribution in [3.63, 3.8) is 0 Å². The van der Waals surface area contributed by atoms with Gasteiger partial charge in [0.1, 0.15) is 24.6 Å². The lowest BCUT2D eigenvalue weighted by atomic mass is 9.92. The highest BCUT2D eigenvalue weighted by atomic mass is 19.2. The van der Waals surface area contributed by atoms with Gasteiger partial charge >= 0.3 is 0 Å². The monoisotopic (exact) mass is 534 g/mol. The number of morpholine rings is 1. The molecule has 2 fully saturated rings. The largest absolute Gasteiger partial charge is 0.502 e. The van der Waals surface area contributed by atoms with Crippen LogP contribution >= 0.6 is 0 Å². The first kappa shape index (κ1) is 22.8. The number of benzene rings is 2. The summed E-state index contributed by atoms with van der Waals surface area (Å²) < 4.78 is 43.9. The van der Waals surface area contributed by atoms with Crippen molar-refractivity contribution in [2.75, 3.05) is 36.3 Å². The highest BCUT2D eigenvalue weighted by Crippen LogP contribution is 2.56. The Morgan fingerprint density at radius 1 is 1.05 bits per heavy atom. The number of carbonyl (C=O) groups is 1. The van der Waals surface area contributed by atoms with E-state index < -0.39 is 40.9 Å². The number of halogens is 2. The smallest absolute Gasteiger partial charge is 0.278 e. The number of aromatic hydroxyl groups is 1. The molecule has 1 saturated carbocycles. The summed E-state index contributed by atoms with van der Waals surface area (Å²) in [5, 5.41) is 12.6. The average Bonchev–Trinajstić information content (AvgIpc) is 3.74. The highest BCUT2D eigenvalue weighted by Gasteiger charge is 2.55. The number of amides is 1. The molecule has 11 heteroatoms. The van der Waals surface area contributed by atoms with Crippen molar-refractivity contribution < 1.29 is 28.2 Å². The number of hydrogen-bond donors (Lipinski definition) is 1. The van der Waals surface area contributed by atoms with Gasteiger partial charge in [0.05, 0.1) is 24.4 Å². The Labute approximate surface area is 221 Å². The molecule has 0 radical (unpaired) electrons. The topological polar surface area (TPSA) is 87.5 Å². The Bertz CT molecular complexity index is 1640. The Hall–Kier alpha value is -4.12. The standard InChI is InChI=1S/C28H24F2N4O5/c29-18-5-4-15-17(22(18)30)12-32-24-16(2-1-3-20(24)39-14-28(32)7-8-28)23(15)34-21-13-38-11-10-31(21)27(37)25-26(36)19(35)6-9-33(25)34/h1-6,9,21,23,36H,7-8,10-14H2/t21-,23+/m1/s1. The minimum Gasteiger partial charge on any atom is -0.502 e. The van der Waals surface area contributed by atoms with Gasteiger partial charge in [-0.1, -0.05) is 18.2 Å². The number of hydrogen-bond acceptors (Lipinski definition) is 7. The maximum absolute atomic E-state index is 15.7. The molecule has 1 amide bonds. The zero-order chi connectivity index (χ0) is 26.6. The quantitative estimate of drug-likeness (QED) is 0.514. The van der Waals surface area contributed by atoms with Gasteiger partial charge in [-0.15, -0.1) is 0 Å². The Morgan fingerprint density at radius 2 is 1.90 bits per heavy atom. The second-order valence-corrected chi connectivity index (χ2v) is 10.8. The van der Waals surface area contributed by atoms with Crippen LogP contribution < -0.4 is 20.1 Å². The normalized spacial score (nSPS) is 23.8. The second kappa shape index (κ2) is 7.72. The van der Waals surface area contributed by atoms with Crippen molar-refractivity contribution in [3.05, 3.63) is 86.8 Å². The zero-order valence-corrected chi connectivity index (χ0v) is 20.8. The number of para-hydroxylation sites is 1. The number of fused-ring (bicyclic) bond motifs is 4. The summed E-state index contributed by atoms with van der Waals surface area (Å²) in [6, 6.07) is 8.83. The number of pyridine rings is 1. The van der Waals surface area contributed by atoms with E-state index >= 15 is 4.39 Å². The van der Waals surface area contributed by atoms with Crippen molar-refractivity contribution in [1.29, 1.82) is 0 Å². The summed E-state index contributed by atoms with van der Waals surface area (Å²) in [6.07, 6.45) is 2.54. The van der Waals surface area contributed by atoms with E-state index in [0.717, 1.165) is 30.2 Å². The van der Waals surface area contributed by atoms with Crippen molar-refractivity contribution in [1.82, 2.24) is 9.58 Å².